The molecule has 0 saturated heterocycles. The standard InChI is InChI=1S/C9H12FNOS/c1-7-2-3-9(8(11)6-7)13(12)5-4-10/h2-3,6H,4-5,11H2,1H3. The minimum atomic E-state index is -1.30. The van der Waals surface area contributed by atoms with E-state index in [4.69, 9.17) is 5.73 Å². The van der Waals surface area contributed by atoms with Crippen LogP contribution in [0.4, 0.5) is 10.1 Å². The first-order valence-electron chi connectivity index (χ1n) is 3.95. The smallest absolute Gasteiger partial charge is 0.101 e. The molecular formula is C9H12FNOS. The van der Waals surface area contributed by atoms with Gasteiger partial charge >= 0.3 is 0 Å². The Bertz CT molecular complexity index is 327. The van der Waals surface area contributed by atoms with E-state index < -0.39 is 17.5 Å². The van der Waals surface area contributed by atoms with Gasteiger partial charge in [0.2, 0.25) is 0 Å². The zero-order chi connectivity index (χ0) is 9.84. The van der Waals surface area contributed by atoms with Gasteiger partial charge < -0.3 is 5.73 Å². The van der Waals surface area contributed by atoms with Gasteiger partial charge in [-0.2, -0.15) is 0 Å². The quantitative estimate of drug-likeness (QED) is 0.756. The summed E-state index contributed by atoms with van der Waals surface area (Å²) >= 11 is 0. The lowest BCUT2D eigenvalue weighted by Gasteiger charge is -2.04. The molecule has 0 radical (unpaired) electrons. The molecule has 4 heteroatoms. The van der Waals surface area contributed by atoms with Gasteiger partial charge in [-0.05, 0) is 24.6 Å². The van der Waals surface area contributed by atoms with Crippen LogP contribution in [0.25, 0.3) is 0 Å². The van der Waals surface area contributed by atoms with Crippen molar-refractivity contribution in [3.63, 3.8) is 0 Å². The van der Waals surface area contributed by atoms with E-state index in [1.807, 2.05) is 13.0 Å². The molecule has 0 fully saturated rings. The van der Waals surface area contributed by atoms with Crippen molar-refractivity contribution in [3.05, 3.63) is 23.8 Å². The minimum absolute atomic E-state index is 0.0211. The SMILES string of the molecule is Cc1ccc(S(=O)CCF)c(N)c1. The van der Waals surface area contributed by atoms with E-state index in [9.17, 15) is 8.60 Å². The van der Waals surface area contributed by atoms with E-state index in [2.05, 4.69) is 0 Å². The molecule has 1 aromatic rings. The largest absolute Gasteiger partial charge is 0.398 e. The van der Waals surface area contributed by atoms with Crippen LogP contribution in [0.1, 0.15) is 5.56 Å². The minimum Gasteiger partial charge on any atom is -0.398 e. The number of hydrogen-bond donors (Lipinski definition) is 1. The third kappa shape index (κ3) is 2.52. The first-order valence-corrected chi connectivity index (χ1v) is 5.27. The van der Waals surface area contributed by atoms with Gasteiger partial charge in [-0.1, -0.05) is 6.07 Å². The van der Waals surface area contributed by atoms with Crippen LogP contribution in [0, 0.1) is 6.92 Å². The molecule has 1 unspecified atom stereocenters. The fourth-order valence-electron chi connectivity index (χ4n) is 1.06. The Morgan fingerprint density at radius 3 is 2.77 bits per heavy atom. The zero-order valence-corrected chi connectivity index (χ0v) is 8.23. The fourth-order valence-corrected chi connectivity index (χ4v) is 1.96. The van der Waals surface area contributed by atoms with E-state index in [1.54, 1.807) is 12.1 Å². The summed E-state index contributed by atoms with van der Waals surface area (Å²) in [7, 11) is -1.30. The highest BCUT2D eigenvalue weighted by Gasteiger charge is 2.06. The number of halogens is 1. The third-order valence-corrected chi connectivity index (χ3v) is 3.06. The molecular weight excluding hydrogens is 189 g/mol. The molecule has 2 N–H and O–H groups in total. The van der Waals surface area contributed by atoms with Crippen LogP contribution in [-0.2, 0) is 10.8 Å². The molecule has 0 bridgehead atoms. The van der Waals surface area contributed by atoms with Crippen LogP contribution in [0.3, 0.4) is 0 Å². The van der Waals surface area contributed by atoms with E-state index in [0.717, 1.165) is 5.56 Å². The number of hydrogen-bond acceptors (Lipinski definition) is 2. The highest BCUT2D eigenvalue weighted by atomic mass is 32.2. The molecule has 0 aliphatic rings. The van der Waals surface area contributed by atoms with Crippen molar-refractivity contribution in [2.45, 2.75) is 11.8 Å². The number of nitrogens with two attached hydrogens (primary N) is 1. The van der Waals surface area contributed by atoms with E-state index in [0.29, 0.717) is 10.6 Å². The Hall–Kier alpha value is -0.900. The van der Waals surface area contributed by atoms with E-state index >= 15 is 0 Å². The van der Waals surface area contributed by atoms with Gasteiger partial charge in [0.05, 0.1) is 21.4 Å². The van der Waals surface area contributed by atoms with Gasteiger partial charge in [0.15, 0.2) is 0 Å². The van der Waals surface area contributed by atoms with Crippen LogP contribution in [-0.4, -0.2) is 16.6 Å². The summed E-state index contributed by atoms with van der Waals surface area (Å²) in [6, 6.07) is 5.25. The van der Waals surface area contributed by atoms with Crippen LogP contribution in [0.15, 0.2) is 23.1 Å². The second-order valence-corrected chi connectivity index (χ2v) is 4.32. The van der Waals surface area contributed by atoms with Crippen LogP contribution >= 0.6 is 0 Å². The van der Waals surface area contributed by atoms with Crippen molar-refractivity contribution in [2.24, 2.45) is 0 Å². The molecule has 0 aromatic heterocycles. The van der Waals surface area contributed by atoms with Crippen molar-refractivity contribution in [3.8, 4) is 0 Å². The summed E-state index contributed by atoms with van der Waals surface area (Å²) in [6.45, 7) is 1.32. The number of anilines is 1. The van der Waals surface area contributed by atoms with Gasteiger partial charge in [-0.3, -0.25) is 8.60 Å². The first-order chi connectivity index (χ1) is 6.15. The summed E-state index contributed by atoms with van der Waals surface area (Å²) in [5.41, 5.74) is 7.13. The Balaban J connectivity index is 2.95. The predicted octanol–water partition coefficient (Wildman–Crippen LogP) is 1.65. The second kappa shape index (κ2) is 4.37. The molecule has 72 valence electrons. The molecule has 13 heavy (non-hydrogen) atoms. The van der Waals surface area contributed by atoms with Crippen LogP contribution in [0.5, 0.6) is 0 Å². The Morgan fingerprint density at radius 2 is 2.23 bits per heavy atom. The number of rotatable bonds is 3. The molecule has 2 nitrogen and oxygen atoms in total. The summed E-state index contributed by atoms with van der Waals surface area (Å²) < 4.78 is 23.3. The lowest BCUT2D eigenvalue weighted by molar-refractivity contribution is 0.528. The number of alkyl halides is 1. The van der Waals surface area contributed by atoms with Crippen LogP contribution in [0.2, 0.25) is 0 Å². The zero-order valence-electron chi connectivity index (χ0n) is 7.42. The molecule has 0 heterocycles. The second-order valence-electron chi connectivity index (χ2n) is 2.78. The van der Waals surface area contributed by atoms with Gasteiger partial charge in [0.1, 0.15) is 6.67 Å². The maximum atomic E-state index is 11.9. The first kappa shape index (κ1) is 10.2. The monoisotopic (exact) mass is 201 g/mol. The predicted molar refractivity (Wildman–Crippen MR) is 52.8 cm³/mol. The number of benzene rings is 1. The highest BCUT2D eigenvalue weighted by Crippen LogP contribution is 2.17. The average Bonchev–Trinajstić information content (AvgIpc) is 2.04. The molecule has 0 amide bonds. The van der Waals surface area contributed by atoms with E-state index in [-0.39, 0.29) is 5.75 Å². The van der Waals surface area contributed by atoms with Crippen LogP contribution < -0.4 is 5.73 Å². The average molecular weight is 201 g/mol. The van der Waals surface area contributed by atoms with Gasteiger partial charge in [-0.15, -0.1) is 0 Å². The number of aryl methyl sites for hydroxylation is 1. The normalized spacial score (nSPS) is 12.8. The van der Waals surface area contributed by atoms with Crippen molar-refractivity contribution in [2.75, 3.05) is 18.2 Å². The molecule has 0 spiro atoms. The third-order valence-electron chi connectivity index (χ3n) is 1.67. The van der Waals surface area contributed by atoms with Crippen molar-refractivity contribution >= 4 is 16.5 Å². The summed E-state index contributed by atoms with van der Waals surface area (Å²) in [5.74, 6) is 0.0211. The Labute approximate surface area is 79.4 Å². The highest BCUT2D eigenvalue weighted by molar-refractivity contribution is 7.85. The Kier molecular flexibility index (Phi) is 3.42. The lowest BCUT2D eigenvalue weighted by atomic mass is 10.2. The molecule has 1 atom stereocenters. The molecule has 1 aromatic carbocycles. The maximum Gasteiger partial charge on any atom is 0.101 e. The topological polar surface area (TPSA) is 43.1 Å². The molecule has 0 saturated carbocycles. The fraction of sp³-hybridized carbons (Fsp3) is 0.333. The van der Waals surface area contributed by atoms with Crippen molar-refractivity contribution in [1.82, 2.24) is 0 Å². The van der Waals surface area contributed by atoms with Crippen molar-refractivity contribution < 1.29 is 8.60 Å². The summed E-state index contributed by atoms with van der Waals surface area (Å²) in [4.78, 5) is 0.531. The van der Waals surface area contributed by atoms with Gasteiger partial charge in [-0.25, -0.2) is 0 Å². The van der Waals surface area contributed by atoms with Gasteiger partial charge in [0, 0.05) is 5.69 Å². The van der Waals surface area contributed by atoms with E-state index in [1.165, 1.54) is 0 Å². The maximum absolute atomic E-state index is 11.9. The number of nitrogen functional groups attached to an aromatic ring is 1. The molecule has 1 rings (SSSR count). The Morgan fingerprint density at radius 1 is 1.54 bits per heavy atom. The summed E-state index contributed by atoms with van der Waals surface area (Å²) in [5, 5.41) is 0. The molecule has 0 aliphatic heterocycles. The van der Waals surface area contributed by atoms with Crippen molar-refractivity contribution in [1.29, 1.82) is 0 Å². The van der Waals surface area contributed by atoms with Gasteiger partial charge in [0.25, 0.3) is 0 Å². The molecule has 0 aliphatic carbocycles. The summed E-state index contributed by atoms with van der Waals surface area (Å²) in [6.07, 6.45) is 0. The lowest BCUT2D eigenvalue weighted by Crippen LogP contribution is -2.03.